The number of nitrogens with zero attached hydrogens (tertiary/aromatic N) is 4. The van der Waals surface area contributed by atoms with Gasteiger partial charge in [-0.3, -0.25) is 4.79 Å². The Labute approximate surface area is 156 Å². The Morgan fingerprint density at radius 1 is 1.00 bits per heavy atom. The Bertz CT molecular complexity index is 601. The lowest BCUT2D eigenvalue weighted by Crippen LogP contribution is -2.34. The molecular weight excluding hydrogens is 326 g/mol. The second-order valence-electron chi connectivity index (χ2n) is 8.40. The van der Waals surface area contributed by atoms with Crippen molar-refractivity contribution in [2.45, 2.75) is 76.7 Å². The van der Waals surface area contributed by atoms with Crippen molar-refractivity contribution in [2.24, 2.45) is 5.92 Å². The number of carbonyl (C=O) groups is 1. The van der Waals surface area contributed by atoms with E-state index in [-0.39, 0.29) is 5.91 Å². The van der Waals surface area contributed by atoms with Crippen molar-refractivity contribution in [3.8, 4) is 0 Å². The number of rotatable bonds is 6. The van der Waals surface area contributed by atoms with Crippen LogP contribution in [-0.4, -0.2) is 51.8 Å². The molecular formula is C20H33N5O. The van der Waals surface area contributed by atoms with Crippen molar-refractivity contribution in [3.63, 3.8) is 0 Å². The van der Waals surface area contributed by atoms with Crippen LogP contribution in [0.5, 0.6) is 0 Å². The maximum Gasteiger partial charge on any atom is 0.220 e. The molecule has 2 aliphatic heterocycles. The molecule has 4 rings (SSSR count). The number of fused-ring (bicyclic) bond motifs is 1. The molecule has 0 radical (unpaired) electrons. The van der Waals surface area contributed by atoms with Crippen molar-refractivity contribution in [2.75, 3.05) is 26.2 Å². The molecule has 1 N–H and O–H groups in total. The number of carbonyl (C=O) groups excluding carboxylic acids is 1. The molecule has 2 fully saturated rings. The first-order chi connectivity index (χ1) is 12.8. The molecule has 1 aliphatic carbocycles. The lowest BCUT2D eigenvalue weighted by Gasteiger charge is -2.17. The average molecular weight is 360 g/mol. The van der Waals surface area contributed by atoms with E-state index < -0.39 is 0 Å². The van der Waals surface area contributed by atoms with Gasteiger partial charge in [-0.15, -0.1) is 10.2 Å². The summed E-state index contributed by atoms with van der Waals surface area (Å²) in [6.45, 7) is 5.17. The van der Waals surface area contributed by atoms with Crippen LogP contribution in [0.1, 0.15) is 75.4 Å². The summed E-state index contributed by atoms with van der Waals surface area (Å²) in [6.07, 6.45) is 11.6. The van der Waals surface area contributed by atoms with E-state index in [0.717, 1.165) is 44.7 Å². The highest BCUT2D eigenvalue weighted by molar-refractivity contribution is 5.76. The molecule has 0 aromatic carbocycles. The van der Waals surface area contributed by atoms with Crippen molar-refractivity contribution in [1.29, 1.82) is 0 Å². The molecule has 6 heteroatoms. The molecule has 3 aliphatic rings. The minimum Gasteiger partial charge on any atom is -0.355 e. The van der Waals surface area contributed by atoms with Crippen molar-refractivity contribution in [3.05, 3.63) is 11.6 Å². The van der Waals surface area contributed by atoms with Crippen LogP contribution < -0.4 is 5.32 Å². The summed E-state index contributed by atoms with van der Waals surface area (Å²) in [6, 6.07) is 0. The maximum absolute atomic E-state index is 12.3. The number of aryl methyl sites for hydroxylation is 1. The summed E-state index contributed by atoms with van der Waals surface area (Å²) in [5.74, 6) is 3.67. The van der Waals surface area contributed by atoms with Gasteiger partial charge in [0.25, 0.3) is 0 Å². The van der Waals surface area contributed by atoms with Gasteiger partial charge in [0, 0.05) is 38.4 Å². The SMILES string of the molecule is O=C(CC1CCc2nnc(C3CCCC3)n2CC1)NCCN1CCCC1. The summed E-state index contributed by atoms with van der Waals surface area (Å²) >= 11 is 0. The molecule has 1 atom stereocenters. The smallest absolute Gasteiger partial charge is 0.220 e. The number of likely N-dealkylation sites (tertiary alicyclic amines) is 1. The molecule has 144 valence electrons. The first-order valence-corrected chi connectivity index (χ1v) is 10.7. The van der Waals surface area contributed by atoms with Crippen LogP contribution in [0, 0.1) is 5.92 Å². The van der Waals surface area contributed by atoms with Gasteiger partial charge in [-0.2, -0.15) is 0 Å². The first kappa shape index (κ1) is 18.0. The highest BCUT2D eigenvalue weighted by Crippen LogP contribution is 2.34. The van der Waals surface area contributed by atoms with Gasteiger partial charge in [-0.1, -0.05) is 12.8 Å². The summed E-state index contributed by atoms with van der Waals surface area (Å²) in [5, 5.41) is 12.1. The lowest BCUT2D eigenvalue weighted by atomic mass is 9.96. The predicted octanol–water partition coefficient (Wildman–Crippen LogP) is 2.49. The zero-order valence-electron chi connectivity index (χ0n) is 16.0. The van der Waals surface area contributed by atoms with Crippen LogP contribution in [0.25, 0.3) is 0 Å². The highest BCUT2D eigenvalue weighted by Gasteiger charge is 2.27. The van der Waals surface area contributed by atoms with Crippen LogP contribution in [0.3, 0.4) is 0 Å². The third-order valence-electron chi connectivity index (χ3n) is 6.54. The fraction of sp³-hybridized carbons (Fsp3) is 0.850. The van der Waals surface area contributed by atoms with E-state index in [1.54, 1.807) is 0 Å². The van der Waals surface area contributed by atoms with Gasteiger partial charge in [-0.25, -0.2) is 0 Å². The number of hydrogen-bond donors (Lipinski definition) is 1. The number of aromatic nitrogens is 3. The molecule has 1 amide bonds. The van der Waals surface area contributed by atoms with Crippen molar-refractivity contribution < 1.29 is 4.79 Å². The molecule has 3 heterocycles. The minimum atomic E-state index is 0.225. The van der Waals surface area contributed by atoms with Crippen molar-refractivity contribution in [1.82, 2.24) is 25.0 Å². The lowest BCUT2D eigenvalue weighted by molar-refractivity contribution is -0.122. The number of nitrogens with one attached hydrogen (secondary N) is 1. The first-order valence-electron chi connectivity index (χ1n) is 10.7. The Balaban J connectivity index is 1.24. The zero-order chi connectivity index (χ0) is 17.8. The average Bonchev–Trinajstić information content (AvgIpc) is 3.37. The third kappa shape index (κ3) is 4.27. The fourth-order valence-corrected chi connectivity index (χ4v) is 4.95. The number of amides is 1. The van der Waals surface area contributed by atoms with Gasteiger partial charge in [-0.05, 0) is 57.5 Å². The van der Waals surface area contributed by atoms with Crippen LogP contribution in [0.2, 0.25) is 0 Å². The van der Waals surface area contributed by atoms with E-state index in [2.05, 4.69) is 25.0 Å². The molecule has 1 saturated carbocycles. The van der Waals surface area contributed by atoms with E-state index in [1.165, 1.54) is 57.4 Å². The van der Waals surface area contributed by atoms with Gasteiger partial charge >= 0.3 is 0 Å². The second kappa shape index (κ2) is 8.51. The van der Waals surface area contributed by atoms with E-state index in [9.17, 15) is 4.79 Å². The van der Waals surface area contributed by atoms with E-state index >= 15 is 0 Å². The van der Waals surface area contributed by atoms with Gasteiger partial charge in [0.05, 0.1) is 0 Å². The third-order valence-corrected chi connectivity index (χ3v) is 6.54. The van der Waals surface area contributed by atoms with Gasteiger partial charge in [0.15, 0.2) is 0 Å². The quantitative estimate of drug-likeness (QED) is 0.848. The number of hydrogen-bond acceptors (Lipinski definition) is 4. The summed E-state index contributed by atoms with van der Waals surface area (Å²) in [7, 11) is 0. The molecule has 1 aromatic heterocycles. The minimum absolute atomic E-state index is 0.225. The van der Waals surface area contributed by atoms with Gasteiger partial charge in [0.2, 0.25) is 5.91 Å². The topological polar surface area (TPSA) is 63.1 Å². The summed E-state index contributed by atoms with van der Waals surface area (Å²) in [5.41, 5.74) is 0. The maximum atomic E-state index is 12.3. The van der Waals surface area contributed by atoms with Gasteiger partial charge in [0.1, 0.15) is 11.6 Å². The molecule has 0 bridgehead atoms. The molecule has 0 spiro atoms. The zero-order valence-corrected chi connectivity index (χ0v) is 16.0. The van der Waals surface area contributed by atoms with Crippen LogP contribution in [-0.2, 0) is 17.8 Å². The second-order valence-corrected chi connectivity index (χ2v) is 8.40. The Morgan fingerprint density at radius 3 is 2.62 bits per heavy atom. The molecule has 6 nitrogen and oxygen atoms in total. The Hall–Kier alpha value is -1.43. The van der Waals surface area contributed by atoms with E-state index in [1.807, 2.05) is 0 Å². The normalized spacial score (nSPS) is 24.5. The van der Waals surface area contributed by atoms with Crippen molar-refractivity contribution >= 4 is 5.91 Å². The molecule has 1 saturated heterocycles. The Morgan fingerprint density at radius 2 is 1.81 bits per heavy atom. The summed E-state index contributed by atoms with van der Waals surface area (Å²) < 4.78 is 2.38. The predicted molar refractivity (Wildman–Crippen MR) is 101 cm³/mol. The van der Waals surface area contributed by atoms with E-state index in [0.29, 0.717) is 18.3 Å². The summed E-state index contributed by atoms with van der Waals surface area (Å²) in [4.78, 5) is 14.8. The fourth-order valence-electron chi connectivity index (χ4n) is 4.95. The highest BCUT2D eigenvalue weighted by atomic mass is 16.1. The molecule has 1 aromatic rings. The Kier molecular flexibility index (Phi) is 5.88. The van der Waals surface area contributed by atoms with Gasteiger partial charge < -0.3 is 14.8 Å². The molecule has 26 heavy (non-hydrogen) atoms. The standard InChI is InChI=1S/C20H33N5O/c26-19(21-10-14-24-11-3-4-12-24)15-16-7-8-18-22-23-20(25(18)13-9-16)17-5-1-2-6-17/h16-17H,1-15H2,(H,21,26). The van der Waals surface area contributed by atoms with Crippen LogP contribution in [0.15, 0.2) is 0 Å². The molecule has 1 unspecified atom stereocenters. The van der Waals surface area contributed by atoms with Crippen LogP contribution in [0.4, 0.5) is 0 Å². The van der Waals surface area contributed by atoms with E-state index in [4.69, 9.17) is 0 Å². The largest absolute Gasteiger partial charge is 0.355 e. The monoisotopic (exact) mass is 359 g/mol. The van der Waals surface area contributed by atoms with Crippen LogP contribution >= 0.6 is 0 Å².